The summed E-state index contributed by atoms with van der Waals surface area (Å²) in [6.07, 6.45) is 0.563. The number of hydrogen-bond donors (Lipinski definition) is 3. The zero-order chi connectivity index (χ0) is 15.8. The van der Waals surface area contributed by atoms with Crippen LogP contribution in [0, 0.1) is 0 Å². The van der Waals surface area contributed by atoms with Crippen LogP contribution in [0.3, 0.4) is 0 Å². The fourth-order valence-corrected chi connectivity index (χ4v) is 2.06. The van der Waals surface area contributed by atoms with Crippen LogP contribution in [0.25, 0.3) is 0 Å². The number of benzene rings is 1. The Labute approximate surface area is 132 Å². The van der Waals surface area contributed by atoms with Crippen molar-refractivity contribution in [3.05, 3.63) is 28.2 Å². The number of hydrogen-bond acceptors (Lipinski definition) is 3. The van der Waals surface area contributed by atoms with E-state index >= 15 is 0 Å². The molecule has 0 fully saturated rings. The molecule has 1 aromatic carbocycles. The maximum atomic E-state index is 11.9. The zero-order valence-corrected chi connectivity index (χ0v) is 12.9. The molecular formula is C13H18Cl2N3O3+. The quantitative estimate of drug-likeness (QED) is 0.510. The first-order valence-corrected chi connectivity index (χ1v) is 7.28. The first-order chi connectivity index (χ1) is 9.93. The molecule has 1 amide bonds. The van der Waals surface area contributed by atoms with E-state index in [4.69, 9.17) is 23.2 Å². The van der Waals surface area contributed by atoms with Gasteiger partial charge in [0.15, 0.2) is 0 Å². The van der Waals surface area contributed by atoms with Gasteiger partial charge in [0, 0.05) is 11.4 Å². The van der Waals surface area contributed by atoms with Crippen molar-refractivity contribution in [2.75, 3.05) is 18.4 Å². The Balaban J connectivity index is 2.61. The summed E-state index contributed by atoms with van der Waals surface area (Å²) < 4.78 is 0. The second kappa shape index (κ2) is 8.84. The molecule has 0 heterocycles. The minimum absolute atomic E-state index is 0.206. The summed E-state index contributed by atoms with van der Waals surface area (Å²) in [5, 5.41) is 15.9. The zero-order valence-electron chi connectivity index (χ0n) is 11.4. The number of carbonyl (C=O) groups is 2. The summed E-state index contributed by atoms with van der Waals surface area (Å²) in [7, 11) is 0. The van der Waals surface area contributed by atoms with Crippen LogP contribution >= 0.6 is 23.2 Å². The molecule has 0 aliphatic heterocycles. The van der Waals surface area contributed by atoms with E-state index in [1.54, 1.807) is 17.4 Å². The summed E-state index contributed by atoms with van der Waals surface area (Å²) in [6, 6.07) is 3.71. The Bertz CT molecular complexity index is 511. The van der Waals surface area contributed by atoms with Gasteiger partial charge in [-0.2, -0.15) is 0 Å². The molecule has 0 saturated carbocycles. The summed E-state index contributed by atoms with van der Waals surface area (Å²) in [5.41, 5.74) is 4.02. The van der Waals surface area contributed by atoms with Gasteiger partial charge in [-0.25, -0.2) is 0 Å². The monoisotopic (exact) mass is 334 g/mol. The molecule has 21 heavy (non-hydrogen) atoms. The summed E-state index contributed by atoms with van der Waals surface area (Å²) in [4.78, 5) is 22.9. The number of carboxylic acid groups (broad SMARTS) is 1. The largest absolute Gasteiger partial charge is 0.544 e. The molecule has 0 saturated heterocycles. The maximum absolute atomic E-state index is 11.9. The smallest absolute Gasteiger partial charge is 0.230 e. The lowest BCUT2D eigenvalue weighted by molar-refractivity contribution is -0.684. The van der Waals surface area contributed by atoms with Gasteiger partial charge < -0.3 is 26.3 Å². The number of rotatable bonds is 8. The summed E-state index contributed by atoms with van der Waals surface area (Å²) in [5.74, 6) is -1.73. The number of aliphatic carboxylic acids is 1. The average molecular weight is 335 g/mol. The van der Waals surface area contributed by atoms with Crippen LogP contribution in [-0.4, -0.2) is 31.0 Å². The van der Waals surface area contributed by atoms with Crippen molar-refractivity contribution in [1.82, 2.24) is 0 Å². The van der Waals surface area contributed by atoms with Gasteiger partial charge in [0.2, 0.25) is 5.91 Å². The third kappa shape index (κ3) is 6.31. The van der Waals surface area contributed by atoms with Gasteiger partial charge in [-0.3, -0.25) is 4.79 Å². The molecule has 0 spiro atoms. The lowest BCUT2D eigenvalue weighted by Crippen LogP contribution is -2.93. The Morgan fingerprint density at radius 2 is 2.10 bits per heavy atom. The van der Waals surface area contributed by atoms with Crippen molar-refractivity contribution in [2.45, 2.75) is 18.9 Å². The van der Waals surface area contributed by atoms with Crippen LogP contribution in [0.4, 0.5) is 5.69 Å². The fourth-order valence-electron chi connectivity index (χ4n) is 1.72. The van der Waals surface area contributed by atoms with E-state index in [-0.39, 0.29) is 6.42 Å². The average Bonchev–Trinajstić information content (AvgIpc) is 2.42. The molecule has 6 nitrogen and oxygen atoms in total. The lowest BCUT2D eigenvalue weighted by atomic mass is 10.2. The Kier molecular flexibility index (Phi) is 7.45. The standard InChI is InChI=1S/C13H17Cl2N3O3/c14-8-2-3-9(15)10(6-8)18-12(19)7-11(13(20)21)17-5-1-4-16/h2-3,6,11,17H,1,4-5,7,16H2,(H,18,19)(H,20,21)/p+1/t11-/m1/s1. The van der Waals surface area contributed by atoms with Gasteiger partial charge in [0.25, 0.3) is 0 Å². The number of quaternary nitrogens is 2. The second-order valence-electron chi connectivity index (χ2n) is 4.53. The van der Waals surface area contributed by atoms with Gasteiger partial charge >= 0.3 is 0 Å². The first kappa shape index (κ1) is 17.7. The van der Waals surface area contributed by atoms with E-state index in [0.29, 0.717) is 28.8 Å². The number of anilines is 1. The molecule has 6 N–H and O–H groups in total. The highest BCUT2D eigenvalue weighted by Crippen LogP contribution is 2.25. The number of carboxylic acids is 1. The van der Waals surface area contributed by atoms with Gasteiger partial charge in [-0.15, -0.1) is 0 Å². The van der Waals surface area contributed by atoms with Crippen molar-refractivity contribution < 1.29 is 25.7 Å². The van der Waals surface area contributed by atoms with Crippen LogP contribution in [0.1, 0.15) is 12.8 Å². The second-order valence-corrected chi connectivity index (χ2v) is 5.38. The Hall–Kier alpha value is -1.34. The minimum atomic E-state index is -1.27. The minimum Gasteiger partial charge on any atom is -0.544 e. The van der Waals surface area contributed by atoms with E-state index < -0.39 is 17.9 Å². The molecule has 0 aliphatic rings. The topological polar surface area (TPSA) is 113 Å². The molecule has 0 bridgehead atoms. The van der Waals surface area contributed by atoms with E-state index in [1.165, 1.54) is 6.07 Å². The highest BCUT2D eigenvalue weighted by molar-refractivity contribution is 6.35. The van der Waals surface area contributed by atoms with Gasteiger partial charge in [-0.1, -0.05) is 23.2 Å². The van der Waals surface area contributed by atoms with Crippen LogP contribution < -0.4 is 21.5 Å². The molecule has 1 rings (SSSR count). The molecule has 116 valence electrons. The van der Waals surface area contributed by atoms with Gasteiger partial charge in [-0.05, 0) is 18.2 Å². The molecule has 1 aromatic rings. The lowest BCUT2D eigenvalue weighted by Gasteiger charge is -2.16. The Morgan fingerprint density at radius 1 is 1.38 bits per heavy atom. The normalized spacial score (nSPS) is 12.0. The van der Waals surface area contributed by atoms with Gasteiger partial charge in [0.1, 0.15) is 6.04 Å². The predicted octanol–water partition coefficient (Wildman–Crippen LogP) is -1.36. The predicted molar refractivity (Wildman–Crippen MR) is 77.7 cm³/mol. The van der Waals surface area contributed by atoms with Crippen LogP contribution in [-0.2, 0) is 9.59 Å². The highest BCUT2D eigenvalue weighted by Gasteiger charge is 2.18. The summed E-state index contributed by atoms with van der Waals surface area (Å²) >= 11 is 11.7. The highest BCUT2D eigenvalue weighted by atomic mass is 35.5. The molecule has 0 aliphatic carbocycles. The molecule has 0 radical (unpaired) electrons. The molecular weight excluding hydrogens is 317 g/mol. The number of halogens is 2. The fraction of sp³-hybridized carbons (Fsp3) is 0.385. The van der Waals surface area contributed by atoms with Crippen molar-refractivity contribution >= 4 is 40.8 Å². The number of nitrogens with one attached hydrogen (secondary N) is 1. The SMILES string of the molecule is [NH3+]CCC[NH2+][C@H](CC(=O)Nc1cc(Cl)ccc1Cl)C(=O)[O-]. The third-order valence-electron chi connectivity index (χ3n) is 2.82. The number of nitrogens with two attached hydrogens (primary N) is 1. The maximum Gasteiger partial charge on any atom is 0.230 e. The van der Waals surface area contributed by atoms with Crippen LogP contribution in [0.15, 0.2) is 18.2 Å². The summed E-state index contributed by atoms with van der Waals surface area (Å²) in [6.45, 7) is 1.29. The first-order valence-electron chi connectivity index (χ1n) is 6.52. The third-order valence-corrected chi connectivity index (χ3v) is 3.38. The Morgan fingerprint density at radius 3 is 2.71 bits per heavy atom. The van der Waals surface area contributed by atoms with E-state index in [9.17, 15) is 14.7 Å². The number of carbonyl (C=O) groups excluding carboxylic acids is 2. The molecule has 1 atom stereocenters. The van der Waals surface area contributed by atoms with Crippen molar-refractivity contribution in [3.8, 4) is 0 Å². The van der Waals surface area contributed by atoms with Crippen molar-refractivity contribution in [2.24, 2.45) is 0 Å². The van der Waals surface area contributed by atoms with E-state index in [1.807, 2.05) is 0 Å². The molecule has 0 unspecified atom stereocenters. The molecule has 0 aromatic heterocycles. The van der Waals surface area contributed by atoms with E-state index in [0.717, 1.165) is 6.42 Å². The number of amides is 1. The van der Waals surface area contributed by atoms with Crippen LogP contribution in [0.5, 0.6) is 0 Å². The van der Waals surface area contributed by atoms with Crippen molar-refractivity contribution in [3.63, 3.8) is 0 Å². The van der Waals surface area contributed by atoms with Gasteiger partial charge in [0.05, 0.1) is 36.2 Å². The van der Waals surface area contributed by atoms with Crippen LogP contribution in [0.2, 0.25) is 10.0 Å². The van der Waals surface area contributed by atoms with E-state index in [2.05, 4.69) is 11.1 Å². The molecule has 8 heteroatoms. The van der Waals surface area contributed by atoms with Crippen molar-refractivity contribution in [1.29, 1.82) is 0 Å².